The highest BCUT2D eigenvalue weighted by molar-refractivity contribution is 14.1. The predicted octanol–water partition coefficient (Wildman–Crippen LogP) is 6.50. The normalized spacial score (nSPS) is 12.9. The average molecular weight is 586 g/mol. The number of carbonyl (C=O) groups excluding carboxylic acids is 1. The molecule has 4 rings (SSSR count). The van der Waals surface area contributed by atoms with Gasteiger partial charge in [-0.25, -0.2) is 4.98 Å². The number of alkyl halides is 1. The third kappa shape index (κ3) is 5.39. The number of fused-ring (bicyclic) bond motifs is 1. The molecule has 0 fully saturated rings. The van der Waals surface area contributed by atoms with Crippen molar-refractivity contribution in [2.24, 2.45) is 0 Å². The number of Topliss-reactive ketones (excluding diaryl/α,β-unsaturated/α-hetero) is 1. The van der Waals surface area contributed by atoms with E-state index in [2.05, 4.69) is 27.6 Å². The summed E-state index contributed by atoms with van der Waals surface area (Å²) in [5, 5.41) is 13.4. The van der Waals surface area contributed by atoms with Crippen LogP contribution in [0.25, 0.3) is 23.1 Å². The minimum Gasteiger partial charge on any atom is -0.412 e. The number of hydrogen-bond acceptors (Lipinski definition) is 3. The highest BCUT2D eigenvalue weighted by atomic mass is 127. The Hall–Kier alpha value is -2.58. The molecule has 0 radical (unpaired) electrons. The van der Waals surface area contributed by atoms with Gasteiger partial charge in [0.05, 0.1) is 15.6 Å². The quantitative estimate of drug-likeness (QED) is 0.153. The summed E-state index contributed by atoms with van der Waals surface area (Å²) < 4.78 is 0.362. The van der Waals surface area contributed by atoms with Crippen LogP contribution in [0.1, 0.15) is 46.1 Å². The number of benzene rings is 3. The Kier molecular flexibility index (Phi) is 8.60. The van der Waals surface area contributed by atoms with Crippen molar-refractivity contribution >= 4 is 63.0 Å². The van der Waals surface area contributed by atoms with Gasteiger partial charge < -0.3 is 10.6 Å². The summed E-state index contributed by atoms with van der Waals surface area (Å²) in [5.41, 5.74) is 3.29. The van der Waals surface area contributed by atoms with Crippen molar-refractivity contribution in [2.45, 2.75) is 18.9 Å². The van der Waals surface area contributed by atoms with Crippen LogP contribution in [0.15, 0.2) is 78.9 Å². The molecule has 0 amide bonds. The number of aromatic nitrogens is 1. The van der Waals surface area contributed by atoms with E-state index < -0.39 is 5.60 Å². The van der Waals surface area contributed by atoms with E-state index in [1.54, 1.807) is 6.07 Å². The molecule has 1 aromatic heterocycles. The second-order valence-corrected chi connectivity index (χ2v) is 9.05. The van der Waals surface area contributed by atoms with Gasteiger partial charge in [-0.05, 0) is 53.5 Å². The summed E-state index contributed by atoms with van der Waals surface area (Å²) in [6, 6.07) is 24.7. The molecule has 3 N–H and O–H groups in total. The Morgan fingerprint density at radius 1 is 1.03 bits per heavy atom. The molecule has 34 heavy (non-hydrogen) atoms. The third-order valence-electron chi connectivity index (χ3n) is 5.79. The van der Waals surface area contributed by atoms with Crippen LogP contribution in [-0.2, 0) is 5.60 Å². The standard InChI is InChI=1S/C28H23ClINO2.H2O/c1-2-28(33,25-9-4-3-8-24(25)27(32)18-30)21-7-5-6-19(16-21)10-14-23-15-12-20-11-13-22(29)17-26(20)31-23;/h3-17,33H,2,18H2,1H3;1H2. The summed E-state index contributed by atoms with van der Waals surface area (Å²) in [7, 11) is 0. The van der Waals surface area contributed by atoms with Gasteiger partial charge in [-0.15, -0.1) is 0 Å². The lowest BCUT2D eigenvalue weighted by Gasteiger charge is -2.30. The van der Waals surface area contributed by atoms with Gasteiger partial charge in [0.25, 0.3) is 0 Å². The number of halogens is 2. The largest absolute Gasteiger partial charge is 0.412 e. The van der Waals surface area contributed by atoms with Gasteiger partial charge in [-0.3, -0.25) is 4.79 Å². The Balaban J connectivity index is 0.00000324. The van der Waals surface area contributed by atoms with Crippen molar-refractivity contribution in [3.05, 3.63) is 112 Å². The van der Waals surface area contributed by atoms with Crippen molar-refractivity contribution in [3.63, 3.8) is 0 Å². The molecule has 6 heteroatoms. The predicted molar refractivity (Wildman–Crippen MR) is 149 cm³/mol. The van der Waals surface area contributed by atoms with E-state index in [1.807, 2.05) is 91.9 Å². The minimum atomic E-state index is -1.26. The van der Waals surface area contributed by atoms with E-state index in [9.17, 15) is 9.90 Å². The van der Waals surface area contributed by atoms with Crippen LogP contribution in [0.4, 0.5) is 0 Å². The minimum absolute atomic E-state index is 0. The second kappa shape index (κ2) is 11.2. The number of rotatable bonds is 7. The number of aliphatic hydroxyl groups is 1. The molecule has 0 saturated heterocycles. The van der Waals surface area contributed by atoms with Crippen molar-refractivity contribution in [1.29, 1.82) is 0 Å². The fourth-order valence-electron chi connectivity index (χ4n) is 3.99. The first-order valence-corrected chi connectivity index (χ1v) is 12.6. The molecule has 4 nitrogen and oxygen atoms in total. The maximum Gasteiger partial charge on any atom is 0.172 e. The maximum absolute atomic E-state index is 12.5. The Bertz CT molecular complexity index is 1350. The topological polar surface area (TPSA) is 81.7 Å². The molecule has 1 heterocycles. The van der Waals surface area contributed by atoms with Gasteiger partial charge in [-0.2, -0.15) is 0 Å². The molecular weight excluding hydrogens is 561 g/mol. The Labute approximate surface area is 217 Å². The molecule has 4 aromatic rings. The fraction of sp³-hybridized carbons (Fsp3) is 0.143. The molecule has 1 atom stereocenters. The lowest BCUT2D eigenvalue weighted by molar-refractivity contribution is 0.0740. The summed E-state index contributed by atoms with van der Waals surface area (Å²) in [5.74, 6) is 0.0107. The van der Waals surface area contributed by atoms with Gasteiger partial charge in [-0.1, -0.05) is 102 Å². The first-order valence-electron chi connectivity index (χ1n) is 10.7. The lowest BCUT2D eigenvalue weighted by atomic mass is 9.80. The van der Waals surface area contributed by atoms with Crippen LogP contribution < -0.4 is 0 Å². The summed E-state index contributed by atoms with van der Waals surface area (Å²) in [6.45, 7) is 1.93. The van der Waals surface area contributed by atoms with Gasteiger partial charge in [0, 0.05) is 16.0 Å². The molecule has 3 aromatic carbocycles. The van der Waals surface area contributed by atoms with E-state index in [0.717, 1.165) is 27.7 Å². The van der Waals surface area contributed by atoms with Gasteiger partial charge >= 0.3 is 0 Å². The molecule has 0 saturated carbocycles. The number of pyridine rings is 1. The molecule has 0 spiro atoms. The first-order chi connectivity index (χ1) is 15.9. The highest BCUT2D eigenvalue weighted by Crippen LogP contribution is 2.36. The maximum atomic E-state index is 12.5. The molecule has 0 aliphatic rings. The molecule has 0 bridgehead atoms. The SMILES string of the molecule is CCC(O)(c1cccc(C=Cc2ccc3ccc(Cl)cc3n2)c1)c1ccccc1C(=O)CI.O. The van der Waals surface area contributed by atoms with E-state index in [0.29, 0.717) is 27.0 Å². The molecule has 0 aliphatic heterocycles. The van der Waals surface area contributed by atoms with Crippen molar-refractivity contribution < 1.29 is 15.4 Å². The smallest absolute Gasteiger partial charge is 0.172 e. The van der Waals surface area contributed by atoms with E-state index in [4.69, 9.17) is 11.6 Å². The van der Waals surface area contributed by atoms with Gasteiger partial charge in [0.1, 0.15) is 5.60 Å². The van der Waals surface area contributed by atoms with Crippen molar-refractivity contribution in [2.75, 3.05) is 4.43 Å². The van der Waals surface area contributed by atoms with Crippen LogP contribution in [-0.4, -0.2) is 25.8 Å². The van der Waals surface area contributed by atoms with E-state index in [1.165, 1.54) is 0 Å². The Morgan fingerprint density at radius 2 is 1.79 bits per heavy atom. The number of carbonyl (C=O) groups is 1. The first kappa shape index (κ1) is 26.0. The third-order valence-corrected chi connectivity index (χ3v) is 6.72. The highest BCUT2D eigenvalue weighted by Gasteiger charge is 2.33. The molecule has 1 unspecified atom stereocenters. The van der Waals surface area contributed by atoms with Gasteiger partial charge in [0.15, 0.2) is 5.78 Å². The second-order valence-electron chi connectivity index (χ2n) is 7.85. The van der Waals surface area contributed by atoms with E-state index >= 15 is 0 Å². The van der Waals surface area contributed by atoms with Crippen LogP contribution in [0.5, 0.6) is 0 Å². The molecule has 174 valence electrons. The Morgan fingerprint density at radius 3 is 2.56 bits per heavy atom. The van der Waals surface area contributed by atoms with Crippen molar-refractivity contribution in [3.8, 4) is 0 Å². The zero-order chi connectivity index (χ0) is 23.4. The lowest BCUT2D eigenvalue weighted by Crippen LogP contribution is -2.29. The summed E-state index contributed by atoms with van der Waals surface area (Å²) >= 11 is 8.17. The summed E-state index contributed by atoms with van der Waals surface area (Å²) in [6.07, 6.45) is 4.36. The number of hydrogen-bond donors (Lipinski definition) is 1. The monoisotopic (exact) mass is 585 g/mol. The number of nitrogens with zero attached hydrogens (tertiary/aromatic N) is 1. The zero-order valence-electron chi connectivity index (χ0n) is 18.6. The van der Waals surface area contributed by atoms with Gasteiger partial charge in [0.2, 0.25) is 0 Å². The fourth-order valence-corrected chi connectivity index (χ4v) is 4.57. The van der Waals surface area contributed by atoms with Crippen LogP contribution in [0, 0.1) is 0 Å². The summed E-state index contributed by atoms with van der Waals surface area (Å²) in [4.78, 5) is 17.2. The average Bonchev–Trinajstić information content (AvgIpc) is 2.86. The van der Waals surface area contributed by atoms with Crippen LogP contribution >= 0.6 is 34.2 Å². The molecular formula is C28H25ClINO3. The van der Waals surface area contributed by atoms with Crippen LogP contribution in [0.2, 0.25) is 5.02 Å². The number of ketones is 1. The molecule has 0 aliphatic carbocycles. The van der Waals surface area contributed by atoms with Crippen LogP contribution in [0.3, 0.4) is 0 Å². The van der Waals surface area contributed by atoms with E-state index in [-0.39, 0.29) is 11.3 Å². The zero-order valence-corrected chi connectivity index (χ0v) is 21.5. The van der Waals surface area contributed by atoms with Crippen molar-refractivity contribution in [1.82, 2.24) is 4.98 Å².